The maximum atomic E-state index is 10.8. The fourth-order valence-corrected chi connectivity index (χ4v) is 1.04. The number of carbonyl (C=O) groups is 1. The first-order chi connectivity index (χ1) is 7.24. The molecule has 0 spiro atoms. The van der Waals surface area contributed by atoms with E-state index < -0.39 is 5.91 Å². The van der Waals surface area contributed by atoms with Gasteiger partial charge < -0.3 is 10.6 Å². The minimum atomic E-state index is -0.537. The monoisotopic (exact) mass is 206 g/mol. The molecule has 0 saturated heterocycles. The molecule has 0 aliphatic rings. The van der Waals surface area contributed by atoms with Crippen molar-refractivity contribution in [1.82, 2.24) is 0 Å². The van der Waals surface area contributed by atoms with Gasteiger partial charge in [-0.1, -0.05) is 42.4 Å². The van der Waals surface area contributed by atoms with Gasteiger partial charge in [-0.25, -0.2) is 0 Å². The summed E-state index contributed by atoms with van der Waals surface area (Å²) in [5.41, 5.74) is 6.33. The summed E-state index contributed by atoms with van der Waals surface area (Å²) < 4.78 is 0. The van der Waals surface area contributed by atoms with Crippen LogP contribution < -0.4 is 5.73 Å². The Labute approximate surface area is 88.7 Å². The molecule has 1 amide bonds. The highest BCUT2D eigenvalue weighted by molar-refractivity contribution is 6.38. The number of nitrogens with zero attached hydrogens (tertiary/aromatic N) is 1. The normalized spacial score (nSPS) is 11.1. The quantitative estimate of drug-likeness (QED) is 0.585. The molecule has 4 nitrogen and oxygen atoms in total. The lowest BCUT2D eigenvalue weighted by atomic mass is 10.2. The zero-order valence-electron chi connectivity index (χ0n) is 8.64. The van der Waals surface area contributed by atoms with Crippen LogP contribution in [0.5, 0.6) is 0 Å². The third kappa shape index (κ3) is 3.81. The van der Waals surface area contributed by atoms with Gasteiger partial charge >= 0.3 is 0 Å². The number of hydrogen-bond donors (Lipinski definition) is 1. The first-order valence-corrected chi connectivity index (χ1v) is 4.76. The van der Waals surface area contributed by atoms with Gasteiger partial charge in [0.25, 0.3) is 5.91 Å². The molecule has 0 aromatic heterocycles. The van der Waals surface area contributed by atoms with Crippen LogP contribution in [0.4, 0.5) is 0 Å². The number of benzene rings is 1. The van der Waals surface area contributed by atoms with Crippen LogP contribution in [0, 0.1) is 0 Å². The van der Waals surface area contributed by atoms with Gasteiger partial charge in [-0.3, -0.25) is 4.79 Å². The highest BCUT2D eigenvalue weighted by Gasteiger charge is 2.03. The van der Waals surface area contributed by atoms with Crippen LogP contribution in [0.1, 0.15) is 18.9 Å². The number of amides is 1. The largest absolute Gasteiger partial charge is 0.391 e. The molecule has 0 aliphatic heterocycles. The number of hydrogen-bond acceptors (Lipinski definition) is 3. The molecule has 15 heavy (non-hydrogen) atoms. The summed E-state index contributed by atoms with van der Waals surface area (Å²) in [5, 5.41) is 3.68. The van der Waals surface area contributed by atoms with Crippen molar-refractivity contribution < 1.29 is 9.63 Å². The summed E-state index contributed by atoms with van der Waals surface area (Å²) in [4.78, 5) is 15.8. The topological polar surface area (TPSA) is 64.7 Å². The molecule has 2 N–H and O–H groups in total. The van der Waals surface area contributed by atoms with E-state index in [0.717, 1.165) is 5.56 Å². The lowest BCUT2D eigenvalue weighted by molar-refractivity contribution is -0.112. The molecule has 4 heteroatoms. The van der Waals surface area contributed by atoms with Gasteiger partial charge in [0.1, 0.15) is 12.3 Å². The fourth-order valence-electron chi connectivity index (χ4n) is 1.04. The Balaban J connectivity index is 2.48. The van der Waals surface area contributed by atoms with E-state index in [4.69, 9.17) is 10.6 Å². The third-order valence-corrected chi connectivity index (χ3v) is 1.87. The Bertz CT molecular complexity index is 347. The van der Waals surface area contributed by atoms with E-state index in [2.05, 4.69) is 5.16 Å². The van der Waals surface area contributed by atoms with Crippen LogP contribution in [0.15, 0.2) is 35.5 Å². The predicted octanol–water partition coefficient (Wildman–Crippen LogP) is 1.45. The van der Waals surface area contributed by atoms with E-state index in [0.29, 0.717) is 13.0 Å². The molecule has 0 atom stereocenters. The van der Waals surface area contributed by atoms with E-state index in [1.807, 2.05) is 30.3 Å². The minimum absolute atomic E-state index is 0.255. The lowest BCUT2D eigenvalue weighted by Gasteiger charge is -2.01. The average molecular weight is 206 g/mol. The van der Waals surface area contributed by atoms with Gasteiger partial charge in [-0.05, 0) is 12.0 Å². The van der Waals surface area contributed by atoms with Crippen LogP contribution in [-0.2, 0) is 16.2 Å². The SMILES string of the molecule is CCC(=NOCc1ccccc1)C(N)=O. The van der Waals surface area contributed by atoms with E-state index in [9.17, 15) is 4.79 Å². The molecule has 0 unspecified atom stereocenters. The fraction of sp³-hybridized carbons (Fsp3) is 0.273. The first kappa shape index (κ1) is 11.2. The number of primary amides is 1. The second-order valence-electron chi connectivity index (χ2n) is 3.01. The first-order valence-electron chi connectivity index (χ1n) is 4.76. The molecule has 0 aliphatic carbocycles. The molecule has 1 rings (SSSR count). The summed E-state index contributed by atoms with van der Waals surface area (Å²) in [6.07, 6.45) is 0.476. The molecule has 0 saturated carbocycles. The van der Waals surface area contributed by atoms with Crippen LogP contribution in [0.2, 0.25) is 0 Å². The van der Waals surface area contributed by atoms with E-state index >= 15 is 0 Å². The second kappa shape index (κ2) is 5.80. The molecule has 1 aromatic carbocycles. The number of oxime groups is 1. The Morgan fingerprint density at radius 2 is 2.07 bits per heavy atom. The van der Waals surface area contributed by atoms with Crippen molar-refractivity contribution in [1.29, 1.82) is 0 Å². The van der Waals surface area contributed by atoms with Crippen molar-refractivity contribution in [3.8, 4) is 0 Å². The van der Waals surface area contributed by atoms with Gasteiger partial charge in [0.05, 0.1) is 0 Å². The van der Waals surface area contributed by atoms with Crippen molar-refractivity contribution in [2.24, 2.45) is 10.9 Å². The molecule has 0 radical (unpaired) electrons. The zero-order chi connectivity index (χ0) is 11.1. The molecular formula is C11H14N2O2. The minimum Gasteiger partial charge on any atom is -0.391 e. The van der Waals surface area contributed by atoms with Crippen LogP contribution in [0.3, 0.4) is 0 Å². The molecular weight excluding hydrogens is 192 g/mol. The van der Waals surface area contributed by atoms with Gasteiger partial charge in [0.2, 0.25) is 0 Å². The van der Waals surface area contributed by atoms with Crippen molar-refractivity contribution in [2.45, 2.75) is 20.0 Å². The molecule has 0 fully saturated rings. The predicted molar refractivity (Wildman–Crippen MR) is 58.2 cm³/mol. The summed E-state index contributed by atoms with van der Waals surface area (Å²) in [5.74, 6) is -0.537. The average Bonchev–Trinajstić information content (AvgIpc) is 2.25. The standard InChI is InChI=1S/C11H14N2O2/c1-2-10(11(12)14)13-15-8-9-6-4-3-5-7-9/h3-7H,2,8H2,1H3,(H2,12,14). The molecule has 80 valence electrons. The zero-order valence-corrected chi connectivity index (χ0v) is 8.64. The summed E-state index contributed by atoms with van der Waals surface area (Å²) in [6.45, 7) is 2.15. The van der Waals surface area contributed by atoms with Gasteiger partial charge in [0, 0.05) is 0 Å². The number of rotatable bonds is 5. The van der Waals surface area contributed by atoms with Crippen molar-refractivity contribution in [2.75, 3.05) is 0 Å². The maximum absolute atomic E-state index is 10.8. The smallest absolute Gasteiger partial charge is 0.266 e. The van der Waals surface area contributed by atoms with Crippen LogP contribution >= 0.6 is 0 Å². The Hall–Kier alpha value is -1.84. The van der Waals surface area contributed by atoms with Gasteiger partial charge in [0.15, 0.2) is 0 Å². The van der Waals surface area contributed by atoms with Crippen molar-refractivity contribution >= 4 is 11.6 Å². The highest BCUT2D eigenvalue weighted by Crippen LogP contribution is 2.01. The van der Waals surface area contributed by atoms with Crippen LogP contribution in [0.25, 0.3) is 0 Å². The lowest BCUT2D eigenvalue weighted by Crippen LogP contribution is -2.22. The van der Waals surface area contributed by atoms with Gasteiger partial charge in [-0.15, -0.1) is 0 Å². The Morgan fingerprint density at radius 3 is 2.60 bits per heavy atom. The van der Waals surface area contributed by atoms with Crippen molar-refractivity contribution in [3.63, 3.8) is 0 Å². The van der Waals surface area contributed by atoms with E-state index in [1.54, 1.807) is 6.92 Å². The van der Waals surface area contributed by atoms with Gasteiger partial charge in [-0.2, -0.15) is 0 Å². The third-order valence-electron chi connectivity index (χ3n) is 1.87. The molecule has 0 bridgehead atoms. The van der Waals surface area contributed by atoms with E-state index in [1.165, 1.54) is 0 Å². The molecule has 1 aromatic rings. The maximum Gasteiger partial charge on any atom is 0.266 e. The summed E-state index contributed by atoms with van der Waals surface area (Å²) in [6, 6.07) is 9.60. The van der Waals surface area contributed by atoms with Crippen molar-refractivity contribution in [3.05, 3.63) is 35.9 Å². The van der Waals surface area contributed by atoms with Crippen LogP contribution in [-0.4, -0.2) is 11.6 Å². The second-order valence-corrected chi connectivity index (χ2v) is 3.01. The summed E-state index contributed by atoms with van der Waals surface area (Å²) >= 11 is 0. The molecule has 0 heterocycles. The number of carbonyl (C=O) groups excluding carboxylic acids is 1. The Morgan fingerprint density at radius 1 is 1.40 bits per heavy atom. The summed E-state index contributed by atoms with van der Waals surface area (Å²) in [7, 11) is 0. The number of nitrogens with two attached hydrogens (primary N) is 1. The van der Waals surface area contributed by atoms with E-state index in [-0.39, 0.29) is 5.71 Å². The highest BCUT2D eigenvalue weighted by atomic mass is 16.6. The Kier molecular flexibility index (Phi) is 4.34.